The number of alkyl halides is 3. The lowest BCUT2D eigenvalue weighted by Gasteiger charge is -2.29. The van der Waals surface area contributed by atoms with Gasteiger partial charge in [0.05, 0.1) is 5.75 Å². The number of aromatic nitrogens is 2. The Kier molecular flexibility index (Phi) is 7.02. The molecule has 0 amide bonds. The third-order valence-electron chi connectivity index (χ3n) is 5.16. The normalized spacial score (nSPS) is 20.3. The lowest BCUT2D eigenvalue weighted by atomic mass is 9.86. The molecule has 1 aromatic carbocycles. The summed E-state index contributed by atoms with van der Waals surface area (Å²) in [6.07, 6.45) is -1.20. The molecule has 1 aliphatic carbocycles. The summed E-state index contributed by atoms with van der Waals surface area (Å²) >= 11 is 0. The monoisotopic (exact) mass is 446 g/mol. The van der Waals surface area contributed by atoms with Crippen LogP contribution in [0.1, 0.15) is 32.6 Å². The van der Waals surface area contributed by atoms with Crippen molar-refractivity contribution in [1.82, 2.24) is 14.9 Å². The number of hydrogen-bond acceptors (Lipinski definition) is 6. The highest BCUT2D eigenvalue weighted by atomic mass is 32.2. The molecule has 0 radical (unpaired) electrons. The molecule has 0 unspecified atom stereocenters. The number of sulfonamides is 1. The van der Waals surface area contributed by atoms with Gasteiger partial charge >= 0.3 is 6.18 Å². The van der Waals surface area contributed by atoms with E-state index in [1.807, 2.05) is 0 Å². The van der Waals surface area contributed by atoms with Crippen LogP contribution in [0.4, 0.5) is 19.0 Å². The first kappa shape index (κ1) is 22.5. The van der Waals surface area contributed by atoms with E-state index in [1.54, 1.807) is 31.2 Å². The van der Waals surface area contributed by atoms with Gasteiger partial charge in [-0.05, 0) is 44.6 Å². The number of nitrogens with zero attached hydrogens (tertiary/aromatic N) is 2. The summed E-state index contributed by atoms with van der Waals surface area (Å²) in [7, 11) is -3.20. The number of fused-ring (bicyclic) bond motifs is 1. The smallest absolute Gasteiger partial charge is 0.422 e. The molecule has 7 nitrogen and oxygen atoms in total. The molecule has 2 N–H and O–H groups in total. The maximum atomic E-state index is 12.5. The fourth-order valence-electron chi connectivity index (χ4n) is 3.53. The van der Waals surface area contributed by atoms with Gasteiger partial charge < -0.3 is 10.1 Å². The van der Waals surface area contributed by atoms with E-state index in [-0.39, 0.29) is 17.7 Å². The lowest BCUT2D eigenvalue weighted by molar-refractivity contribution is -0.153. The van der Waals surface area contributed by atoms with Crippen LogP contribution in [0.25, 0.3) is 10.8 Å². The maximum Gasteiger partial charge on any atom is 0.422 e. The van der Waals surface area contributed by atoms with Crippen LogP contribution in [0.15, 0.2) is 24.3 Å². The third kappa shape index (κ3) is 6.18. The summed E-state index contributed by atoms with van der Waals surface area (Å²) < 4.78 is 68.3. The van der Waals surface area contributed by atoms with Gasteiger partial charge in [0.15, 0.2) is 12.4 Å². The van der Waals surface area contributed by atoms with Crippen LogP contribution < -0.4 is 14.8 Å². The summed E-state index contributed by atoms with van der Waals surface area (Å²) in [6.45, 7) is 0.806. The summed E-state index contributed by atoms with van der Waals surface area (Å²) in [5, 5.41) is 12.2. The van der Waals surface area contributed by atoms with Crippen LogP contribution in [-0.4, -0.2) is 49.7 Å². The second-order valence-electron chi connectivity index (χ2n) is 7.42. The van der Waals surface area contributed by atoms with Crippen molar-refractivity contribution in [2.24, 2.45) is 5.92 Å². The number of halogens is 3. The van der Waals surface area contributed by atoms with E-state index in [0.29, 0.717) is 29.1 Å². The van der Waals surface area contributed by atoms with E-state index in [0.717, 1.165) is 25.7 Å². The van der Waals surface area contributed by atoms with Gasteiger partial charge in [-0.1, -0.05) is 18.2 Å². The topological polar surface area (TPSA) is 93.2 Å². The average molecular weight is 446 g/mol. The van der Waals surface area contributed by atoms with Gasteiger partial charge in [-0.15, -0.1) is 10.2 Å². The van der Waals surface area contributed by atoms with Crippen LogP contribution in [0.3, 0.4) is 0 Å². The van der Waals surface area contributed by atoms with Crippen LogP contribution in [-0.2, 0) is 10.0 Å². The quantitative estimate of drug-likeness (QED) is 0.645. The fourth-order valence-corrected chi connectivity index (χ4v) is 4.44. The van der Waals surface area contributed by atoms with Crippen LogP contribution >= 0.6 is 0 Å². The van der Waals surface area contributed by atoms with Crippen molar-refractivity contribution in [3.05, 3.63) is 24.3 Å². The maximum absolute atomic E-state index is 12.5. The fraction of sp³-hybridized carbons (Fsp3) is 0.579. The largest absolute Gasteiger partial charge is 0.467 e. The Labute approximate surface area is 173 Å². The highest BCUT2D eigenvalue weighted by Gasteiger charge is 2.29. The summed E-state index contributed by atoms with van der Waals surface area (Å²) in [5.41, 5.74) is 0. The molecule has 1 aliphatic rings. The molecule has 1 saturated carbocycles. The molecule has 11 heteroatoms. The third-order valence-corrected chi connectivity index (χ3v) is 6.61. The number of rotatable bonds is 8. The molecule has 30 heavy (non-hydrogen) atoms. The number of anilines is 1. The molecule has 3 rings (SSSR count). The Hall–Kier alpha value is -2.14. The molecule has 0 aliphatic heterocycles. The Morgan fingerprint density at radius 1 is 1.10 bits per heavy atom. The highest BCUT2D eigenvalue weighted by molar-refractivity contribution is 7.89. The molecular formula is C19H25F3N4O3S. The minimum atomic E-state index is -4.45. The molecule has 0 bridgehead atoms. The molecule has 166 valence electrons. The Balaban J connectivity index is 1.61. The molecule has 0 atom stereocenters. The SMILES string of the molecule is CCS(=O)(=O)NC1CCC(CNc2nnc(OCC(F)(F)F)c3ccccc23)CC1. The van der Waals surface area contributed by atoms with Crippen LogP contribution in [0.2, 0.25) is 0 Å². The Morgan fingerprint density at radius 3 is 2.40 bits per heavy atom. The molecule has 0 spiro atoms. The van der Waals surface area contributed by atoms with Crippen LogP contribution in [0, 0.1) is 5.92 Å². The first-order valence-electron chi connectivity index (χ1n) is 9.85. The first-order valence-corrected chi connectivity index (χ1v) is 11.5. The van der Waals surface area contributed by atoms with Gasteiger partial charge in [0.2, 0.25) is 15.9 Å². The lowest BCUT2D eigenvalue weighted by Crippen LogP contribution is -2.39. The van der Waals surface area contributed by atoms with Gasteiger partial charge in [-0.25, -0.2) is 13.1 Å². The second kappa shape index (κ2) is 9.34. The van der Waals surface area contributed by atoms with Crippen molar-refractivity contribution in [2.45, 2.75) is 44.8 Å². The second-order valence-corrected chi connectivity index (χ2v) is 9.47. The molecule has 1 fully saturated rings. The zero-order valence-electron chi connectivity index (χ0n) is 16.6. The van der Waals surface area contributed by atoms with E-state index in [4.69, 9.17) is 4.74 Å². The number of nitrogens with one attached hydrogen (secondary N) is 2. The van der Waals surface area contributed by atoms with Gasteiger partial charge in [-0.2, -0.15) is 13.2 Å². The number of benzene rings is 1. The first-order chi connectivity index (χ1) is 14.2. The van der Waals surface area contributed by atoms with Crippen molar-refractivity contribution in [1.29, 1.82) is 0 Å². The Bertz CT molecular complexity index is 961. The minimum Gasteiger partial charge on any atom is -0.467 e. The number of ether oxygens (including phenoxy) is 1. The molecule has 2 aromatic rings. The zero-order chi connectivity index (χ0) is 21.8. The number of hydrogen-bond donors (Lipinski definition) is 2. The summed E-state index contributed by atoms with van der Waals surface area (Å²) in [6, 6.07) is 6.84. The van der Waals surface area contributed by atoms with E-state index >= 15 is 0 Å². The minimum absolute atomic E-state index is 0.0307. The van der Waals surface area contributed by atoms with Gasteiger partial charge in [0.25, 0.3) is 0 Å². The standard InChI is InChI=1S/C19H25F3N4O3S/c1-2-30(27,28)26-14-9-7-13(8-10-14)11-23-17-15-5-3-4-6-16(15)18(25-24-17)29-12-19(20,21)22/h3-6,13-14,26H,2,7-12H2,1H3,(H,23,24). The zero-order valence-corrected chi connectivity index (χ0v) is 17.4. The van der Waals surface area contributed by atoms with Crippen LogP contribution in [0.5, 0.6) is 5.88 Å². The van der Waals surface area contributed by atoms with E-state index in [1.165, 1.54) is 0 Å². The van der Waals surface area contributed by atoms with Crippen molar-refractivity contribution >= 4 is 26.6 Å². The van der Waals surface area contributed by atoms with Crippen molar-refractivity contribution in [3.63, 3.8) is 0 Å². The summed E-state index contributed by atoms with van der Waals surface area (Å²) in [4.78, 5) is 0. The average Bonchev–Trinajstić information content (AvgIpc) is 2.71. The van der Waals surface area contributed by atoms with Crippen molar-refractivity contribution in [3.8, 4) is 5.88 Å². The molecule has 1 heterocycles. The molecular weight excluding hydrogens is 421 g/mol. The van der Waals surface area contributed by atoms with Crippen molar-refractivity contribution in [2.75, 3.05) is 24.2 Å². The van der Waals surface area contributed by atoms with Crippen molar-refractivity contribution < 1.29 is 26.3 Å². The van der Waals surface area contributed by atoms with Gasteiger partial charge in [0, 0.05) is 23.4 Å². The predicted octanol–water partition coefficient (Wildman–Crippen LogP) is 3.48. The van der Waals surface area contributed by atoms with E-state index in [9.17, 15) is 21.6 Å². The Morgan fingerprint density at radius 2 is 1.77 bits per heavy atom. The van der Waals surface area contributed by atoms with Gasteiger partial charge in [-0.3, -0.25) is 0 Å². The van der Waals surface area contributed by atoms with E-state index < -0.39 is 22.8 Å². The highest BCUT2D eigenvalue weighted by Crippen LogP contribution is 2.30. The van der Waals surface area contributed by atoms with Gasteiger partial charge in [0.1, 0.15) is 0 Å². The predicted molar refractivity (Wildman–Crippen MR) is 108 cm³/mol. The molecule has 1 aromatic heterocycles. The summed E-state index contributed by atoms with van der Waals surface area (Å²) in [5.74, 6) is 0.744. The van der Waals surface area contributed by atoms with E-state index in [2.05, 4.69) is 20.2 Å². The molecule has 0 saturated heterocycles.